The first-order valence-electron chi connectivity index (χ1n) is 11.6. The van der Waals surface area contributed by atoms with Crippen LogP contribution in [0.1, 0.15) is 53.0 Å². The number of hydrogen-bond acceptors (Lipinski definition) is 7. The smallest absolute Gasteiger partial charge is 0.262 e. The number of rotatable bonds is 8. The van der Waals surface area contributed by atoms with E-state index >= 15 is 0 Å². The van der Waals surface area contributed by atoms with Crippen LogP contribution >= 0.6 is 0 Å². The normalized spacial score (nSPS) is 16.1. The van der Waals surface area contributed by atoms with Crippen molar-refractivity contribution < 1.29 is 24.0 Å². The number of aromatic nitrogens is 2. The number of nitrogens with zero attached hydrogens (tertiary/aromatic N) is 4. The first-order valence-corrected chi connectivity index (χ1v) is 11.6. The third-order valence-corrected chi connectivity index (χ3v) is 6.45. The Labute approximate surface area is 208 Å². The van der Waals surface area contributed by atoms with Gasteiger partial charge in [-0.3, -0.25) is 24.0 Å². The lowest BCUT2D eigenvalue weighted by molar-refractivity contribution is -0.124. The molecule has 2 aliphatic rings. The van der Waals surface area contributed by atoms with Crippen molar-refractivity contribution in [3.63, 3.8) is 0 Å². The van der Waals surface area contributed by atoms with Crippen molar-refractivity contribution in [2.45, 2.75) is 38.3 Å². The predicted octanol–water partition coefficient (Wildman–Crippen LogP) is 0.995. The summed E-state index contributed by atoms with van der Waals surface area (Å²) in [5.74, 6) is 4.86. The minimum Gasteiger partial charge on any atom is -0.369 e. The second kappa shape index (κ2) is 9.77. The lowest BCUT2D eigenvalue weighted by Gasteiger charge is -2.38. The molecule has 0 saturated carbocycles. The van der Waals surface area contributed by atoms with Crippen molar-refractivity contribution in [3.8, 4) is 11.8 Å². The van der Waals surface area contributed by atoms with Gasteiger partial charge < -0.3 is 19.8 Å². The number of hydrogen-bond donors (Lipinski definition) is 1. The van der Waals surface area contributed by atoms with E-state index < -0.39 is 29.3 Å². The number of nitrogens with one attached hydrogen (secondary N) is 1. The molecule has 0 spiro atoms. The molecule has 1 unspecified atom stereocenters. The van der Waals surface area contributed by atoms with Gasteiger partial charge in [-0.15, -0.1) is 0 Å². The largest absolute Gasteiger partial charge is 0.369 e. The Kier molecular flexibility index (Phi) is 6.75. The summed E-state index contributed by atoms with van der Waals surface area (Å²) in [5, 5.41) is 6.67. The molecule has 2 aliphatic heterocycles. The number of anilines is 1. The summed E-state index contributed by atoms with van der Waals surface area (Å²) < 4.78 is 1.58. The van der Waals surface area contributed by atoms with E-state index in [4.69, 9.17) is 0 Å². The van der Waals surface area contributed by atoms with Crippen LogP contribution in [0.2, 0.25) is 0 Å². The summed E-state index contributed by atoms with van der Waals surface area (Å²) in [6, 6.07) is 4.02. The Morgan fingerprint density at radius 1 is 1.22 bits per heavy atom. The average Bonchev–Trinajstić information content (AvgIpc) is 3.42. The summed E-state index contributed by atoms with van der Waals surface area (Å²) >= 11 is 0. The first-order chi connectivity index (χ1) is 17.2. The van der Waals surface area contributed by atoms with Crippen LogP contribution in [0.15, 0.2) is 30.6 Å². The van der Waals surface area contributed by atoms with Crippen LogP contribution in [0.3, 0.4) is 0 Å². The molecule has 3 amide bonds. The van der Waals surface area contributed by atoms with Gasteiger partial charge in [0.1, 0.15) is 24.2 Å². The predicted molar refractivity (Wildman–Crippen MR) is 130 cm³/mol. The Bertz CT molecular complexity index is 1300. The van der Waals surface area contributed by atoms with Crippen molar-refractivity contribution >= 4 is 36.0 Å². The average molecular weight is 490 g/mol. The third-order valence-electron chi connectivity index (χ3n) is 6.45. The van der Waals surface area contributed by atoms with Crippen LogP contribution < -0.4 is 10.2 Å². The first kappa shape index (κ1) is 24.9. The molecular weight excluding hydrogens is 462 g/mol. The van der Waals surface area contributed by atoms with E-state index in [0.29, 0.717) is 19.4 Å². The number of carbonyl (C=O) groups excluding carboxylic acids is 5. The molecule has 4 rings (SSSR count). The summed E-state index contributed by atoms with van der Waals surface area (Å²) in [6.45, 7) is 4.86. The van der Waals surface area contributed by atoms with Crippen LogP contribution in [0.25, 0.3) is 0 Å². The molecule has 1 aromatic carbocycles. The Hall–Kier alpha value is -4.26. The van der Waals surface area contributed by atoms with E-state index in [1.165, 1.54) is 7.05 Å². The maximum atomic E-state index is 13.1. The lowest BCUT2D eigenvalue weighted by Crippen LogP contribution is -2.48. The monoisotopic (exact) mass is 489 g/mol. The van der Waals surface area contributed by atoms with Crippen LogP contribution in [-0.4, -0.2) is 71.2 Å². The lowest BCUT2D eigenvalue weighted by atomic mass is 9.98. The molecule has 36 heavy (non-hydrogen) atoms. The van der Waals surface area contributed by atoms with Crippen molar-refractivity contribution in [1.82, 2.24) is 20.0 Å². The zero-order chi connectivity index (χ0) is 26.0. The second-order valence-corrected chi connectivity index (χ2v) is 9.40. The number of amides is 3. The van der Waals surface area contributed by atoms with Crippen molar-refractivity contribution in [2.24, 2.45) is 5.92 Å². The van der Waals surface area contributed by atoms with Crippen LogP contribution in [-0.2, 0) is 19.9 Å². The molecule has 1 atom stereocenters. The Balaban J connectivity index is 1.44. The molecule has 0 aliphatic carbocycles. The van der Waals surface area contributed by atoms with Crippen LogP contribution in [0.4, 0.5) is 5.69 Å². The van der Waals surface area contributed by atoms with Gasteiger partial charge in [-0.25, -0.2) is 0 Å². The molecule has 0 bridgehead atoms. The van der Waals surface area contributed by atoms with Gasteiger partial charge in [0.05, 0.1) is 28.8 Å². The molecule has 1 fully saturated rings. The molecule has 0 radical (unpaired) electrons. The highest BCUT2D eigenvalue weighted by atomic mass is 16.2. The second-order valence-electron chi connectivity index (χ2n) is 9.40. The molecular formula is C26H27N5O5. The number of fused-ring (bicyclic) bond motifs is 1. The Morgan fingerprint density at radius 2 is 1.94 bits per heavy atom. The molecule has 186 valence electrons. The zero-order valence-corrected chi connectivity index (χ0v) is 20.4. The minimum atomic E-state index is -1.04. The maximum absolute atomic E-state index is 13.1. The number of carbonyl (C=O) groups is 5. The standard InChI is InChI=1S/C26H27N5O5/c1-26(2,16-33)30-15-17(12-28-30)6-7-18-13-29(14-18)19-8-9-20-21(11-19)25(36)31(24(20)35)22(5-4-10-32)23(34)27-3/h8-12,15-16,18,22H,4-5,13-14H2,1-3H3,(H,27,34). The van der Waals surface area contributed by atoms with Gasteiger partial charge in [-0.1, -0.05) is 11.8 Å². The fourth-order valence-electron chi connectivity index (χ4n) is 4.22. The van der Waals surface area contributed by atoms with Gasteiger partial charge in [0.15, 0.2) is 0 Å². The summed E-state index contributed by atoms with van der Waals surface area (Å²) in [5.41, 5.74) is 1.28. The number of aldehydes is 2. The highest BCUT2D eigenvalue weighted by Gasteiger charge is 2.43. The molecule has 1 N–H and O–H groups in total. The van der Waals surface area contributed by atoms with Crippen molar-refractivity contribution in [1.29, 1.82) is 0 Å². The molecule has 1 saturated heterocycles. The van der Waals surface area contributed by atoms with Crippen LogP contribution in [0, 0.1) is 17.8 Å². The van der Waals surface area contributed by atoms with Gasteiger partial charge in [0.25, 0.3) is 11.8 Å². The van der Waals surface area contributed by atoms with E-state index in [2.05, 4.69) is 27.2 Å². The SMILES string of the molecule is CNC(=O)C(CCC=O)N1C(=O)c2ccc(N3CC(C#Cc4cnn(C(C)(C)C=O)c4)C3)cc2C1=O. The van der Waals surface area contributed by atoms with E-state index in [1.807, 2.05) is 0 Å². The Morgan fingerprint density at radius 3 is 2.61 bits per heavy atom. The van der Waals surface area contributed by atoms with Gasteiger partial charge in [-0.2, -0.15) is 5.10 Å². The van der Waals surface area contributed by atoms with E-state index in [9.17, 15) is 24.0 Å². The maximum Gasteiger partial charge on any atom is 0.262 e. The minimum absolute atomic E-state index is 0.0581. The highest BCUT2D eigenvalue weighted by molar-refractivity contribution is 6.23. The topological polar surface area (TPSA) is 122 Å². The zero-order valence-electron chi connectivity index (χ0n) is 20.4. The van der Waals surface area contributed by atoms with Gasteiger partial charge in [-0.05, 0) is 38.5 Å². The summed E-state index contributed by atoms with van der Waals surface area (Å²) in [4.78, 5) is 63.4. The van der Waals surface area contributed by atoms with Gasteiger partial charge in [0.2, 0.25) is 5.91 Å². The molecule has 1 aromatic heterocycles. The number of benzene rings is 1. The quantitative estimate of drug-likeness (QED) is 0.333. The fourth-order valence-corrected chi connectivity index (χ4v) is 4.22. The van der Waals surface area contributed by atoms with E-state index in [1.54, 1.807) is 49.1 Å². The third kappa shape index (κ3) is 4.52. The molecule has 2 aromatic rings. The number of imide groups is 1. The van der Waals surface area contributed by atoms with E-state index in [0.717, 1.165) is 22.4 Å². The fraction of sp³-hybridized carbons (Fsp3) is 0.385. The van der Waals surface area contributed by atoms with Gasteiger partial charge in [0, 0.05) is 38.4 Å². The molecule has 10 nitrogen and oxygen atoms in total. The van der Waals surface area contributed by atoms with Crippen molar-refractivity contribution in [2.75, 3.05) is 25.0 Å². The van der Waals surface area contributed by atoms with E-state index in [-0.39, 0.29) is 29.9 Å². The summed E-state index contributed by atoms with van der Waals surface area (Å²) in [6.07, 6.45) is 4.99. The summed E-state index contributed by atoms with van der Waals surface area (Å²) in [7, 11) is 1.42. The highest BCUT2D eigenvalue weighted by Crippen LogP contribution is 2.32. The van der Waals surface area contributed by atoms with Gasteiger partial charge >= 0.3 is 0 Å². The molecule has 10 heteroatoms. The number of likely N-dealkylation sites (N-methyl/N-ethyl adjacent to an activating group) is 1. The molecule has 3 heterocycles. The van der Waals surface area contributed by atoms with Crippen molar-refractivity contribution in [3.05, 3.63) is 47.3 Å². The van der Waals surface area contributed by atoms with Crippen LogP contribution in [0.5, 0.6) is 0 Å².